The fourth-order valence-electron chi connectivity index (χ4n) is 1.70. The zero-order valence-electron chi connectivity index (χ0n) is 10.5. The summed E-state index contributed by atoms with van der Waals surface area (Å²) in [6.45, 7) is 6.78. The number of rotatable bonds is 7. The third kappa shape index (κ3) is 4.71. The molecule has 3 nitrogen and oxygen atoms in total. The molecule has 0 radical (unpaired) electrons. The first-order chi connectivity index (χ1) is 8.17. The van der Waals surface area contributed by atoms with Gasteiger partial charge in [-0.1, -0.05) is 6.92 Å². The zero-order chi connectivity index (χ0) is 12.7. The molecular formula is C13H21FN2O. The molecule has 0 saturated heterocycles. The quantitative estimate of drug-likeness (QED) is 0.760. The Morgan fingerprint density at radius 3 is 2.47 bits per heavy atom. The number of nitrogens with zero attached hydrogens (tertiary/aromatic N) is 1. The fraction of sp³-hybridized carbons (Fsp3) is 0.538. The summed E-state index contributed by atoms with van der Waals surface area (Å²) in [5.41, 5.74) is 0.935. The highest BCUT2D eigenvalue weighted by molar-refractivity contribution is 5.46. The number of aliphatic hydroxyl groups excluding tert-OH is 1. The molecule has 0 aromatic heterocycles. The van der Waals surface area contributed by atoms with Gasteiger partial charge in [-0.3, -0.25) is 0 Å². The Bertz CT molecular complexity index is 316. The zero-order valence-corrected chi connectivity index (χ0v) is 10.5. The summed E-state index contributed by atoms with van der Waals surface area (Å²) < 4.78 is 12.8. The van der Waals surface area contributed by atoms with Crippen LogP contribution in [0.25, 0.3) is 0 Å². The number of nitrogens with one attached hydrogen (secondary N) is 1. The van der Waals surface area contributed by atoms with Crippen LogP contribution in [-0.4, -0.2) is 37.4 Å². The maximum atomic E-state index is 12.8. The molecule has 0 aliphatic rings. The number of aliphatic hydroxyl groups is 1. The predicted molar refractivity (Wildman–Crippen MR) is 68.8 cm³/mol. The van der Waals surface area contributed by atoms with Crippen LogP contribution < -0.4 is 10.2 Å². The lowest BCUT2D eigenvalue weighted by molar-refractivity contribution is 0.177. The normalized spacial score (nSPS) is 12.5. The third-order valence-electron chi connectivity index (χ3n) is 2.63. The fourth-order valence-corrected chi connectivity index (χ4v) is 1.70. The van der Waals surface area contributed by atoms with Crippen molar-refractivity contribution in [2.24, 2.45) is 0 Å². The van der Waals surface area contributed by atoms with Crippen LogP contribution in [0.4, 0.5) is 10.1 Å². The van der Waals surface area contributed by atoms with Crippen molar-refractivity contribution in [3.63, 3.8) is 0 Å². The molecule has 0 amide bonds. The Hall–Kier alpha value is -1.13. The van der Waals surface area contributed by atoms with E-state index in [9.17, 15) is 9.50 Å². The van der Waals surface area contributed by atoms with E-state index in [0.717, 1.165) is 18.8 Å². The van der Waals surface area contributed by atoms with Gasteiger partial charge in [0.2, 0.25) is 0 Å². The lowest BCUT2D eigenvalue weighted by Crippen LogP contribution is -2.38. The van der Waals surface area contributed by atoms with E-state index in [0.29, 0.717) is 13.1 Å². The number of anilines is 1. The predicted octanol–water partition coefficient (Wildman–Crippen LogP) is 1.62. The van der Waals surface area contributed by atoms with Crippen LogP contribution in [0.15, 0.2) is 24.3 Å². The van der Waals surface area contributed by atoms with E-state index in [2.05, 4.69) is 5.32 Å². The van der Waals surface area contributed by atoms with Gasteiger partial charge < -0.3 is 15.3 Å². The van der Waals surface area contributed by atoms with Gasteiger partial charge in [-0.15, -0.1) is 0 Å². The number of benzene rings is 1. The van der Waals surface area contributed by atoms with Crippen LogP contribution in [0.1, 0.15) is 13.8 Å². The maximum absolute atomic E-state index is 12.8. The van der Waals surface area contributed by atoms with E-state index >= 15 is 0 Å². The Balaban J connectivity index is 2.56. The number of halogens is 1. The summed E-state index contributed by atoms with van der Waals surface area (Å²) in [7, 11) is 0. The topological polar surface area (TPSA) is 35.5 Å². The van der Waals surface area contributed by atoms with E-state index in [-0.39, 0.29) is 5.82 Å². The van der Waals surface area contributed by atoms with Crippen molar-refractivity contribution in [1.29, 1.82) is 0 Å². The molecule has 1 atom stereocenters. The van der Waals surface area contributed by atoms with Gasteiger partial charge >= 0.3 is 0 Å². The average molecular weight is 240 g/mol. The highest BCUT2D eigenvalue weighted by atomic mass is 19.1. The van der Waals surface area contributed by atoms with Crippen LogP contribution in [-0.2, 0) is 0 Å². The average Bonchev–Trinajstić information content (AvgIpc) is 2.34. The van der Waals surface area contributed by atoms with Gasteiger partial charge in [0.15, 0.2) is 0 Å². The highest BCUT2D eigenvalue weighted by Gasteiger charge is 2.10. The highest BCUT2D eigenvalue weighted by Crippen LogP contribution is 2.14. The van der Waals surface area contributed by atoms with Gasteiger partial charge in [-0.2, -0.15) is 0 Å². The molecule has 0 fully saturated rings. The van der Waals surface area contributed by atoms with Gasteiger partial charge in [-0.05, 0) is 37.7 Å². The molecule has 4 heteroatoms. The van der Waals surface area contributed by atoms with Gasteiger partial charge in [0.05, 0.1) is 6.10 Å². The Morgan fingerprint density at radius 2 is 1.94 bits per heavy atom. The van der Waals surface area contributed by atoms with Crippen LogP contribution in [0.2, 0.25) is 0 Å². The van der Waals surface area contributed by atoms with E-state index in [1.165, 1.54) is 12.1 Å². The van der Waals surface area contributed by atoms with Crippen molar-refractivity contribution in [1.82, 2.24) is 5.32 Å². The van der Waals surface area contributed by atoms with Crippen LogP contribution in [0, 0.1) is 5.82 Å². The second kappa shape index (κ2) is 7.25. The summed E-state index contributed by atoms with van der Waals surface area (Å²) in [6, 6.07) is 6.35. The van der Waals surface area contributed by atoms with Crippen LogP contribution in [0.5, 0.6) is 0 Å². The van der Waals surface area contributed by atoms with E-state index in [1.54, 1.807) is 12.1 Å². The Morgan fingerprint density at radius 1 is 1.29 bits per heavy atom. The van der Waals surface area contributed by atoms with Gasteiger partial charge in [0.1, 0.15) is 5.82 Å². The second-order valence-electron chi connectivity index (χ2n) is 3.98. The molecular weight excluding hydrogens is 219 g/mol. The molecule has 0 heterocycles. The van der Waals surface area contributed by atoms with Crippen molar-refractivity contribution in [3.8, 4) is 0 Å². The van der Waals surface area contributed by atoms with Crippen molar-refractivity contribution < 1.29 is 9.50 Å². The van der Waals surface area contributed by atoms with Crippen molar-refractivity contribution in [3.05, 3.63) is 30.1 Å². The largest absolute Gasteiger partial charge is 0.390 e. The summed E-state index contributed by atoms with van der Waals surface area (Å²) >= 11 is 0. The third-order valence-corrected chi connectivity index (χ3v) is 2.63. The molecule has 0 aliphatic carbocycles. The number of hydrogen-bond acceptors (Lipinski definition) is 3. The first-order valence-corrected chi connectivity index (χ1v) is 6.06. The molecule has 0 bridgehead atoms. The van der Waals surface area contributed by atoms with Crippen molar-refractivity contribution in [2.45, 2.75) is 20.0 Å². The Labute approximate surface area is 102 Å². The van der Waals surface area contributed by atoms with Crippen LogP contribution >= 0.6 is 0 Å². The van der Waals surface area contributed by atoms with Crippen molar-refractivity contribution >= 4 is 5.69 Å². The van der Waals surface area contributed by atoms with Crippen LogP contribution in [0.3, 0.4) is 0 Å². The van der Waals surface area contributed by atoms with Gasteiger partial charge in [0, 0.05) is 25.3 Å². The van der Waals surface area contributed by atoms with Gasteiger partial charge in [0.25, 0.3) is 0 Å². The molecule has 1 unspecified atom stereocenters. The lowest BCUT2D eigenvalue weighted by atomic mass is 10.2. The number of hydrogen-bond donors (Lipinski definition) is 2. The first kappa shape index (κ1) is 13.9. The summed E-state index contributed by atoms with van der Waals surface area (Å²) in [5, 5.41) is 12.9. The van der Waals surface area contributed by atoms with E-state index in [4.69, 9.17) is 0 Å². The molecule has 2 N–H and O–H groups in total. The molecule has 0 saturated carbocycles. The second-order valence-corrected chi connectivity index (χ2v) is 3.98. The molecule has 1 aromatic rings. The minimum Gasteiger partial charge on any atom is -0.390 e. The van der Waals surface area contributed by atoms with E-state index in [1.807, 2.05) is 18.7 Å². The number of likely N-dealkylation sites (N-methyl/N-ethyl adjacent to an activating group) is 2. The minimum absolute atomic E-state index is 0.238. The van der Waals surface area contributed by atoms with Gasteiger partial charge in [-0.25, -0.2) is 4.39 Å². The summed E-state index contributed by atoms with van der Waals surface area (Å²) in [4.78, 5) is 2.03. The molecule has 0 spiro atoms. The lowest BCUT2D eigenvalue weighted by Gasteiger charge is -2.26. The maximum Gasteiger partial charge on any atom is 0.123 e. The minimum atomic E-state index is -0.417. The van der Waals surface area contributed by atoms with Crippen molar-refractivity contribution in [2.75, 3.05) is 31.1 Å². The monoisotopic (exact) mass is 240 g/mol. The summed E-state index contributed by atoms with van der Waals surface area (Å²) in [5.74, 6) is -0.238. The molecule has 96 valence electrons. The SMILES string of the molecule is CCNCC(O)CN(CC)c1ccc(F)cc1. The van der Waals surface area contributed by atoms with E-state index < -0.39 is 6.10 Å². The molecule has 1 aromatic carbocycles. The first-order valence-electron chi connectivity index (χ1n) is 6.06. The summed E-state index contributed by atoms with van der Waals surface area (Å²) in [6.07, 6.45) is -0.417. The Kier molecular flexibility index (Phi) is 5.94. The molecule has 0 aliphatic heterocycles. The smallest absolute Gasteiger partial charge is 0.123 e. The molecule has 17 heavy (non-hydrogen) atoms. The molecule has 1 rings (SSSR count). The standard InChI is InChI=1S/C13H21FN2O/c1-3-15-9-13(17)10-16(4-2)12-7-5-11(14)6-8-12/h5-8,13,15,17H,3-4,9-10H2,1-2H3.